The molecule has 0 aromatic heterocycles. The molecule has 0 aliphatic carbocycles. The van der Waals surface area contributed by atoms with Crippen LogP contribution in [0, 0.1) is 0 Å². The highest BCUT2D eigenvalue weighted by Gasteiger charge is 2.21. The number of urea groups is 1. The Morgan fingerprint density at radius 1 is 1.29 bits per heavy atom. The molecule has 0 aliphatic rings. The number of ether oxygens (including phenoxy) is 1. The summed E-state index contributed by atoms with van der Waals surface area (Å²) >= 11 is 0. The number of amides is 2. The fourth-order valence-electron chi connectivity index (χ4n) is 1.53. The first-order chi connectivity index (χ1) is 7.99. The maximum atomic E-state index is 11.1. The SMILES string of the molecule is CNC(=O)NCC(C)(C)c1ccc(OC)cc1. The number of rotatable bonds is 4. The van der Waals surface area contributed by atoms with Gasteiger partial charge in [0.25, 0.3) is 0 Å². The summed E-state index contributed by atoms with van der Waals surface area (Å²) in [5.74, 6) is 0.837. The van der Waals surface area contributed by atoms with Gasteiger partial charge in [-0.25, -0.2) is 4.79 Å². The van der Waals surface area contributed by atoms with Crippen molar-refractivity contribution in [3.05, 3.63) is 29.8 Å². The number of hydrogen-bond acceptors (Lipinski definition) is 2. The van der Waals surface area contributed by atoms with Crippen LogP contribution in [0.2, 0.25) is 0 Å². The van der Waals surface area contributed by atoms with Crippen LogP contribution in [0.4, 0.5) is 4.79 Å². The Morgan fingerprint density at radius 2 is 1.88 bits per heavy atom. The van der Waals surface area contributed by atoms with Crippen LogP contribution < -0.4 is 15.4 Å². The molecule has 0 aliphatic heterocycles. The number of carbonyl (C=O) groups excluding carboxylic acids is 1. The van der Waals surface area contributed by atoms with E-state index in [0.29, 0.717) is 6.54 Å². The van der Waals surface area contributed by atoms with Crippen LogP contribution in [0.3, 0.4) is 0 Å². The highest BCUT2D eigenvalue weighted by atomic mass is 16.5. The molecule has 17 heavy (non-hydrogen) atoms. The topological polar surface area (TPSA) is 50.4 Å². The molecule has 0 heterocycles. The molecule has 0 radical (unpaired) electrons. The first kappa shape index (κ1) is 13.4. The first-order valence-electron chi connectivity index (χ1n) is 5.59. The summed E-state index contributed by atoms with van der Waals surface area (Å²) in [4.78, 5) is 11.1. The maximum Gasteiger partial charge on any atom is 0.314 e. The van der Waals surface area contributed by atoms with Crippen LogP contribution in [0.15, 0.2) is 24.3 Å². The minimum Gasteiger partial charge on any atom is -0.497 e. The van der Waals surface area contributed by atoms with Crippen LogP contribution in [0.25, 0.3) is 0 Å². The molecule has 0 bridgehead atoms. The van der Waals surface area contributed by atoms with Crippen molar-refractivity contribution in [2.75, 3.05) is 20.7 Å². The summed E-state index contributed by atoms with van der Waals surface area (Å²) in [6.07, 6.45) is 0. The van der Waals surface area contributed by atoms with Gasteiger partial charge in [-0.05, 0) is 17.7 Å². The van der Waals surface area contributed by atoms with E-state index in [1.54, 1.807) is 14.2 Å². The number of nitrogens with one attached hydrogen (secondary N) is 2. The molecule has 0 saturated carbocycles. The zero-order chi connectivity index (χ0) is 12.9. The van der Waals surface area contributed by atoms with Crippen molar-refractivity contribution in [3.8, 4) is 5.75 Å². The molecule has 2 N–H and O–H groups in total. The van der Waals surface area contributed by atoms with Crippen LogP contribution in [-0.2, 0) is 5.41 Å². The summed E-state index contributed by atoms with van der Waals surface area (Å²) in [7, 11) is 3.25. The second-order valence-electron chi connectivity index (χ2n) is 4.55. The number of hydrogen-bond donors (Lipinski definition) is 2. The van der Waals surface area contributed by atoms with Gasteiger partial charge in [-0.1, -0.05) is 26.0 Å². The lowest BCUT2D eigenvalue weighted by Crippen LogP contribution is -2.40. The van der Waals surface area contributed by atoms with Crippen molar-refractivity contribution in [2.45, 2.75) is 19.3 Å². The Balaban J connectivity index is 2.70. The molecule has 1 aromatic carbocycles. The molecular formula is C13H20N2O2. The first-order valence-corrected chi connectivity index (χ1v) is 5.59. The van der Waals surface area contributed by atoms with E-state index in [2.05, 4.69) is 24.5 Å². The number of benzene rings is 1. The molecule has 4 nitrogen and oxygen atoms in total. The summed E-state index contributed by atoms with van der Waals surface area (Å²) in [5, 5.41) is 5.36. The third-order valence-electron chi connectivity index (χ3n) is 2.79. The lowest BCUT2D eigenvalue weighted by molar-refractivity contribution is 0.240. The minimum atomic E-state index is -0.161. The fraction of sp³-hybridized carbons (Fsp3) is 0.462. The summed E-state index contributed by atoms with van der Waals surface area (Å²) < 4.78 is 5.12. The third-order valence-corrected chi connectivity index (χ3v) is 2.79. The average Bonchev–Trinajstić information content (AvgIpc) is 2.36. The standard InChI is InChI=1S/C13H20N2O2/c1-13(2,9-15-12(16)14-3)10-5-7-11(17-4)8-6-10/h5-8H,9H2,1-4H3,(H2,14,15,16). The quantitative estimate of drug-likeness (QED) is 0.839. The zero-order valence-corrected chi connectivity index (χ0v) is 10.8. The van der Waals surface area contributed by atoms with Gasteiger partial charge in [0.1, 0.15) is 5.75 Å². The second kappa shape index (κ2) is 5.57. The van der Waals surface area contributed by atoms with Crippen molar-refractivity contribution < 1.29 is 9.53 Å². The van der Waals surface area contributed by atoms with Crippen molar-refractivity contribution in [2.24, 2.45) is 0 Å². The van der Waals surface area contributed by atoms with Crippen molar-refractivity contribution in [3.63, 3.8) is 0 Å². The highest BCUT2D eigenvalue weighted by molar-refractivity contribution is 5.73. The van der Waals surface area contributed by atoms with Gasteiger partial charge in [-0.2, -0.15) is 0 Å². The van der Waals surface area contributed by atoms with Crippen LogP contribution in [-0.4, -0.2) is 26.7 Å². The van der Waals surface area contributed by atoms with E-state index in [-0.39, 0.29) is 11.4 Å². The van der Waals surface area contributed by atoms with Crippen LogP contribution in [0.1, 0.15) is 19.4 Å². The van der Waals surface area contributed by atoms with Gasteiger partial charge in [-0.3, -0.25) is 0 Å². The molecule has 0 spiro atoms. The van der Waals surface area contributed by atoms with Gasteiger partial charge >= 0.3 is 6.03 Å². The lowest BCUT2D eigenvalue weighted by atomic mass is 9.84. The van der Waals surface area contributed by atoms with E-state index in [4.69, 9.17) is 4.74 Å². The normalized spacial score (nSPS) is 10.8. The largest absolute Gasteiger partial charge is 0.497 e. The van der Waals surface area contributed by atoms with E-state index in [0.717, 1.165) is 11.3 Å². The molecule has 0 atom stereocenters. The minimum absolute atomic E-state index is 0.112. The number of methoxy groups -OCH3 is 1. The van der Waals surface area contributed by atoms with Crippen LogP contribution in [0.5, 0.6) is 5.75 Å². The Morgan fingerprint density at radius 3 is 2.35 bits per heavy atom. The molecule has 1 aromatic rings. The van der Waals surface area contributed by atoms with E-state index in [1.807, 2.05) is 24.3 Å². The van der Waals surface area contributed by atoms with Gasteiger partial charge in [0.05, 0.1) is 7.11 Å². The molecule has 4 heteroatoms. The smallest absolute Gasteiger partial charge is 0.314 e. The van der Waals surface area contributed by atoms with Gasteiger partial charge < -0.3 is 15.4 Å². The Hall–Kier alpha value is -1.71. The zero-order valence-electron chi connectivity index (χ0n) is 10.8. The third kappa shape index (κ3) is 3.66. The van der Waals surface area contributed by atoms with Gasteiger partial charge in [-0.15, -0.1) is 0 Å². The molecule has 0 fully saturated rings. The van der Waals surface area contributed by atoms with Gasteiger partial charge in [0.2, 0.25) is 0 Å². The lowest BCUT2D eigenvalue weighted by Gasteiger charge is -2.25. The van der Waals surface area contributed by atoms with E-state index in [9.17, 15) is 4.79 Å². The van der Waals surface area contributed by atoms with E-state index in [1.165, 1.54) is 0 Å². The predicted molar refractivity (Wildman–Crippen MR) is 68.5 cm³/mol. The van der Waals surface area contributed by atoms with Crippen molar-refractivity contribution in [1.29, 1.82) is 0 Å². The second-order valence-corrected chi connectivity index (χ2v) is 4.55. The molecular weight excluding hydrogens is 216 g/mol. The molecule has 0 unspecified atom stereocenters. The molecule has 94 valence electrons. The Kier molecular flexibility index (Phi) is 4.37. The monoisotopic (exact) mass is 236 g/mol. The Labute approximate surface area is 102 Å². The average molecular weight is 236 g/mol. The Bertz CT molecular complexity index is 372. The summed E-state index contributed by atoms with van der Waals surface area (Å²) in [5.41, 5.74) is 1.05. The number of carbonyl (C=O) groups is 1. The summed E-state index contributed by atoms with van der Waals surface area (Å²) in [6.45, 7) is 4.76. The predicted octanol–water partition coefficient (Wildman–Crippen LogP) is 1.90. The van der Waals surface area contributed by atoms with E-state index >= 15 is 0 Å². The molecule has 1 rings (SSSR count). The molecule has 0 saturated heterocycles. The van der Waals surface area contributed by atoms with Gasteiger partial charge in [0.15, 0.2) is 0 Å². The molecule has 2 amide bonds. The van der Waals surface area contributed by atoms with Crippen molar-refractivity contribution >= 4 is 6.03 Å². The van der Waals surface area contributed by atoms with Crippen LogP contribution >= 0.6 is 0 Å². The summed E-state index contributed by atoms with van der Waals surface area (Å²) in [6, 6.07) is 7.73. The fourth-order valence-corrected chi connectivity index (χ4v) is 1.53. The van der Waals surface area contributed by atoms with Crippen molar-refractivity contribution in [1.82, 2.24) is 10.6 Å². The van der Waals surface area contributed by atoms with E-state index < -0.39 is 0 Å². The van der Waals surface area contributed by atoms with Gasteiger partial charge in [0, 0.05) is 19.0 Å². The maximum absolute atomic E-state index is 11.1. The highest BCUT2D eigenvalue weighted by Crippen LogP contribution is 2.24.